The summed E-state index contributed by atoms with van der Waals surface area (Å²) in [5, 5.41) is 4.41. The zero-order valence-corrected chi connectivity index (χ0v) is 17.6. The fourth-order valence-corrected chi connectivity index (χ4v) is 4.14. The molecule has 0 saturated carbocycles. The first kappa shape index (κ1) is 20.5. The van der Waals surface area contributed by atoms with Gasteiger partial charge in [0.25, 0.3) is 5.91 Å². The van der Waals surface area contributed by atoms with Gasteiger partial charge in [-0.2, -0.15) is 5.10 Å². The molecule has 1 aliphatic heterocycles. The van der Waals surface area contributed by atoms with Crippen molar-refractivity contribution in [3.05, 3.63) is 52.6 Å². The molecule has 1 fully saturated rings. The number of rotatable bonds is 4. The van der Waals surface area contributed by atoms with Crippen LogP contribution in [0.1, 0.15) is 47.6 Å². The van der Waals surface area contributed by atoms with Gasteiger partial charge in [0.15, 0.2) is 0 Å². The van der Waals surface area contributed by atoms with Gasteiger partial charge >= 0.3 is 0 Å². The molecule has 0 spiro atoms. The van der Waals surface area contributed by atoms with Gasteiger partial charge < -0.3 is 4.90 Å². The first-order valence-electron chi connectivity index (χ1n) is 10.1. The Bertz CT molecular complexity index is 828. The Balaban J connectivity index is 1.80. The van der Waals surface area contributed by atoms with Gasteiger partial charge in [0, 0.05) is 45.0 Å². The van der Waals surface area contributed by atoms with E-state index in [-0.39, 0.29) is 17.8 Å². The molecule has 5 nitrogen and oxygen atoms in total. The van der Waals surface area contributed by atoms with E-state index in [0.29, 0.717) is 12.5 Å². The zero-order valence-electron chi connectivity index (χ0n) is 17.6. The monoisotopic (exact) mass is 386 g/mol. The van der Waals surface area contributed by atoms with E-state index in [2.05, 4.69) is 23.8 Å². The van der Waals surface area contributed by atoms with Gasteiger partial charge in [0.05, 0.1) is 11.3 Å². The molecule has 0 bridgehead atoms. The standard InChI is InChI=1S/C22H31FN4O/c1-15(2)20-14-27(22(28)21-16(3)24-25(5)17(21)4)12-6-11-26(20)13-18-7-9-19(23)10-8-18/h7-10,15,20H,6,11-14H2,1-5H3/t20-/m1/s1. The molecular weight excluding hydrogens is 355 g/mol. The Hall–Kier alpha value is -2.21. The summed E-state index contributed by atoms with van der Waals surface area (Å²) >= 11 is 0. The molecule has 1 atom stereocenters. The third-order valence-corrected chi connectivity index (χ3v) is 5.83. The molecule has 28 heavy (non-hydrogen) atoms. The highest BCUT2D eigenvalue weighted by Gasteiger charge is 2.31. The van der Waals surface area contributed by atoms with Crippen molar-refractivity contribution in [2.24, 2.45) is 13.0 Å². The van der Waals surface area contributed by atoms with Crippen LogP contribution in [0.4, 0.5) is 4.39 Å². The minimum atomic E-state index is -0.209. The zero-order chi connectivity index (χ0) is 20.4. The minimum absolute atomic E-state index is 0.0809. The van der Waals surface area contributed by atoms with Gasteiger partial charge in [-0.25, -0.2) is 4.39 Å². The van der Waals surface area contributed by atoms with Crippen molar-refractivity contribution in [3.8, 4) is 0 Å². The maximum absolute atomic E-state index is 13.3. The van der Waals surface area contributed by atoms with Crippen LogP contribution in [0.5, 0.6) is 0 Å². The molecule has 0 N–H and O–H groups in total. The van der Waals surface area contributed by atoms with E-state index in [0.717, 1.165) is 48.6 Å². The third kappa shape index (κ3) is 4.27. The summed E-state index contributed by atoms with van der Waals surface area (Å²) in [6.45, 7) is 11.4. The largest absolute Gasteiger partial charge is 0.337 e. The smallest absolute Gasteiger partial charge is 0.257 e. The van der Waals surface area contributed by atoms with Crippen molar-refractivity contribution >= 4 is 5.91 Å². The van der Waals surface area contributed by atoms with Crippen molar-refractivity contribution in [3.63, 3.8) is 0 Å². The van der Waals surface area contributed by atoms with Crippen molar-refractivity contribution < 1.29 is 9.18 Å². The molecule has 2 aromatic rings. The van der Waals surface area contributed by atoms with Crippen LogP contribution < -0.4 is 0 Å². The molecule has 0 aliphatic carbocycles. The highest BCUT2D eigenvalue weighted by atomic mass is 19.1. The fraction of sp³-hybridized carbons (Fsp3) is 0.545. The maximum Gasteiger partial charge on any atom is 0.257 e. The number of amides is 1. The number of hydrogen-bond donors (Lipinski definition) is 0. The van der Waals surface area contributed by atoms with Gasteiger partial charge in [-0.15, -0.1) is 0 Å². The second-order valence-electron chi connectivity index (χ2n) is 8.18. The van der Waals surface area contributed by atoms with Crippen LogP contribution in [-0.4, -0.2) is 51.2 Å². The topological polar surface area (TPSA) is 41.4 Å². The number of hydrogen-bond acceptors (Lipinski definition) is 3. The molecule has 0 unspecified atom stereocenters. The highest BCUT2D eigenvalue weighted by Crippen LogP contribution is 2.23. The molecule has 2 heterocycles. The number of aryl methyl sites for hydroxylation is 2. The van der Waals surface area contributed by atoms with Crippen LogP contribution in [0, 0.1) is 25.6 Å². The molecule has 1 aromatic carbocycles. The van der Waals surface area contributed by atoms with E-state index in [1.54, 1.807) is 4.68 Å². The Morgan fingerprint density at radius 1 is 1.21 bits per heavy atom. The Labute approximate surface area is 167 Å². The molecular formula is C22H31FN4O. The lowest BCUT2D eigenvalue weighted by molar-refractivity contribution is 0.0701. The summed E-state index contributed by atoms with van der Waals surface area (Å²) in [4.78, 5) is 17.7. The average Bonchev–Trinajstić information content (AvgIpc) is 2.81. The SMILES string of the molecule is Cc1nn(C)c(C)c1C(=O)N1CCCN(Cc2ccc(F)cc2)[C@@H](C(C)C)C1. The number of nitrogens with zero attached hydrogens (tertiary/aromatic N) is 4. The second kappa shape index (κ2) is 8.43. The van der Waals surface area contributed by atoms with Crippen molar-refractivity contribution in [1.29, 1.82) is 0 Å². The molecule has 0 radical (unpaired) electrons. The summed E-state index contributed by atoms with van der Waals surface area (Å²) in [5.41, 5.74) is 3.54. The Morgan fingerprint density at radius 3 is 2.46 bits per heavy atom. The van der Waals surface area contributed by atoms with E-state index in [4.69, 9.17) is 0 Å². The van der Waals surface area contributed by atoms with E-state index < -0.39 is 0 Å². The van der Waals surface area contributed by atoms with E-state index in [1.165, 1.54) is 12.1 Å². The number of carbonyl (C=O) groups is 1. The van der Waals surface area contributed by atoms with Crippen LogP contribution in [0.2, 0.25) is 0 Å². The number of benzene rings is 1. The lowest BCUT2D eigenvalue weighted by Crippen LogP contribution is -2.45. The normalized spacial score (nSPS) is 18.5. The fourth-order valence-electron chi connectivity index (χ4n) is 4.14. The summed E-state index contributed by atoms with van der Waals surface area (Å²) < 4.78 is 15.0. The summed E-state index contributed by atoms with van der Waals surface area (Å²) in [6, 6.07) is 6.99. The molecule has 1 aromatic heterocycles. The van der Waals surface area contributed by atoms with Crippen LogP contribution in [0.15, 0.2) is 24.3 Å². The van der Waals surface area contributed by atoms with E-state index >= 15 is 0 Å². The molecule has 1 saturated heterocycles. The van der Waals surface area contributed by atoms with Crippen LogP contribution in [-0.2, 0) is 13.6 Å². The molecule has 6 heteroatoms. The number of aromatic nitrogens is 2. The molecule has 1 amide bonds. The van der Waals surface area contributed by atoms with Gasteiger partial charge in [0.2, 0.25) is 0 Å². The van der Waals surface area contributed by atoms with Crippen LogP contribution in [0.3, 0.4) is 0 Å². The lowest BCUT2D eigenvalue weighted by atomic mass is 10.0. The summed E-state index contributed by atoms with van der Waals surface area (Å²) in [5.74, 6) is 0.279. The van der Waals surface area contributed by atoms with Gasteiger partial charge in [-0.05, 0) is 43.9 Å². The molecule has 1 aliphatic rings. The minimum Gasteiger partial charge on any atom is -0.337 e. The highest BCUT2D eigenvalue weighted by molar-refractivity contribution is 5.96. The van der Waals surface area contributed by atoms with E-state index in [1.807, 2.05) is 37.9 Å². The molecule has 3 rings (SSSR count). The van der Waals surface area contributed by atoms with Crippen LogP contribution in [0.25, 0.3) is 0 Å². The third-order valence-electron chi connectivity index (χ3n) is 5.83. The van der Waals surface area contributed by atoms with Gasteiger partial charge in [0.1, 0.15) is 5.82 Å². The maximum atomic E-state index is 13.3. The quantitative estimate of drug-likeness (QED) is 0.807. The predicted octanol–water partition coefficient (Wildman–Crippen LogP) is 3.55. The Kier molecular flexibility index (Phi) is 6.18. The Morgan fingerprint density at radius 2 is 1.89 bits per heavy atom. The summed E-state index contributed by atoms with van der Waals surface area (Å²) in [7, 11) is 1.88. The number of halogens is 1. The summed E-state index contributed by atoms with van der Waals surface area (Å²) in [6.07, 6.45) is 0.925. The average molecular weight is 387 g/mol. The van der Waals surface area contributed by atoms with Gasteiger partial charge in [-0.1, -0.05) is 26.0 Å². The second-order valence-corrected chi connectivity index (χ2v) is 8.18. The van der Waals surface area contributed by atoms with E-state index in [9.17, 15) is 9.18 Å². The lowest BCUT2D eigenvalue weighted by Gasteiger charge is -2.34. The van der Waals surface area contributed by atoms with Gasteiger partial charge in [-0.3, -0.25) is 14.4 Å². The molecule has 152 valence electrons. The first-order chi connectivity index (χ1) is 13.3. The van der Waals surface area contributed by atoms with Crippen molar-refractivity contribution in [1.82, 2.24) is 19.6 Å². The first-order valence-corrected chi connectivity index (χ1v) is 10.1. The number of carbonyl (C=O) groups excluding carboxylic acids is 1. The predicted molar refractivity (Wildman–Crippen MR) is 109 cm³/mol. The van der Waals surface area contributed by atoms with Crippen LogP contribution >= 0.6 is 0 Å². The van der Waals surface area contributed by atoms with Crippen molar-refractivity contribution in [2.75, 3.05) is 19.6 Å². The van der Waals surface area contributed by atoms with Crippen molar-refractivity contribution in [2.45, 2.75) is 46.7 Å².